The fourth-order valence-corrected chi connectivity index (χ4v) is 11.7. The minimum atomic E-state index is -1.98. The van der Waals surface area contributed by atoms with Gasteiger partial charge in [-0.2, -0.15) is 0 Å². The number of esters is 7. The summed E-state index contributed by atoms with van der Waals surface area (Å²) in [5.41, 5.74) is 1.83. The van der Waals surface area contributed by atoms with E-state index in [0.29, 0.717) is 6.04 Å². The number of rotatable bonds is 32. The van der Waals surface area contributed by atoms with Crippen LogP contribution in [0.5, 0.6) is 0 Å². The zero-order valence-electron chi connectivity index (χ0n) is 58.1. The van der Waals surface area contributed by atoms with E-state index in [4.69, 9.17) is 80.5 Å². The van der Waals surface area contributed by atoms with Gasteiger partial charge in [0.05, 0.1) is 39.6 Å². The molecule has 0 spiro atoms. The quantitative estimate of drug-likeness (QED) is 0.0207. The van der Waals surface area contributed by atoms with Gasteiger partial charge >= 0.3 is 47.9 Å². The molecule has 3 saturated heterocycles. The second-order valence-corrected chi connectivity index (χ2v) is 31.7. The molecule has 3 heterocycles. The maximum Gasteiger partial charge on any atom is 0.412 e. The highest BCUT2D eigenvalue weighted by molar-refractivity contribution is 6.76. The lowest BCUT2D eigenvalue weighted by Gasteiger charge is -2.51. The minimum Gasteiger partial charge on any atom is -0.463 e. The first kappa shape index (κ1) is 78.4. The first-order valence-corrected chi connectivity index (χ1v) is 36.5. The second-order valence-electron chi connectivity index (χ2n) is 26.1. The zero-order valence-corrected chi connectivity index (χ0v) is 59.1. The lowest BCUT2D eigenvalue weighted by molar-refractivity contribution is -0.380. The summed E-state index contributed by atoms with van der Waals surface area (Å²) in [6.45, 7) is 16.4. The van der Waals surface area contributed by atoms with E-state index in [2.05, 4.69) is 25.0 Å². The summed E-state index contributed by atoms with van der Waals surface area (Å²) in [5, 5.41) is 2.45. The Kier molecular flexibility index (Phi) is 30.1. The topological polar surface area (TPSA) is 306 Å². The highest BCUT2D eigenvalue weighted by Crippen LogP contribution is 2.39. The fraction of sp³-hybridized carbons (Fsp3) is 0.528. The van der Waals surface area contributed by atoms with Crippen molar-refractivity contribution in [3.63, 3.8) is 0 Å². The Labute approximate surface area is 578 Å². The molecule has 3 aliphatic rings. The lowest BCUT2D eigenvalue weighted by atomic mass is 9.91. The van der Waals surface area contributed by atoms with Crippen LogP contribution in [0.2, 0.25) is 25.7 Å². The van der Waals surface area contributed by atoms with E-state index < -0.39 is 173 Å². The van der Waals surface area contributed by atoms with Crippen molar-refractivity contribution in [2.24, 2.45) is 0 Å². The summed E-state index contributed by atoms with van der Waals surface area (Å²) >= 11 is 0. The van der Waals surface area contributed by atoms with Gasteiger partial charge in [-0.05, 0) is 55.5 Å². The van der Waals surface area contributed by atoms with Gasteiger partial charge in [-0.25, -0.2) is 9.59 Å². The maximum absolute atomic E-state index is 13.8. The summed E-state index contributed by atoms with van der Waals surface area (Å²) < 4.78 is 108. The third-order valence-electron chi connectivity index (χ3n) is 15.3. The molecule has 0 bridgehead atoms. The van der Waals surface area contributed by atoms with Crippen LogP contribution in [-0.4, -0.2) is 180 Å². The molecule has 3 aliphatic heterocycles. The van der Waals surface area contributed by atoms with Crippen molar-refractivity contribution in [3.05, 3.63) is 155 Å². The molecule has 0 unspecified atom stereocenters. The van der Waals surface area contributed by atoms with Crippen molar-refractivity contribution in [3.8, 4) is 0 Å². The molecule has 0 aliphatic carbocycles. The zero-order chi connectivity index (χ0) is 71.8. The molecule has 26 nitrogen and oxygen atoms in total. The maximum atomic E-state index is 13.8. The molecular weight excluding hydrogens is 1310 g/mol. The number of hydrogen-bond donors (Lipinski definition) is 1. The number of hydrogen-bond acceptors (Lipinski definition) is 25. The van der Waals surface area contributed by atoms with E-state index in [-0.39, 0.29) is 45.3 Å². The lowest BCUT2D eigenvalue weighted by Crippen LogP contribution is -2.68. The van der Waals surface area contributed by atoms with Crippen LogP contribution < -0.4 is 5.32 Å². The molecule has 540 valence electrons. The van der Waals surface area contributed by atoms with Crippen LogP contribution in [-0.2, 0) is 141 Å². The van der Waals surface area contributed by atoms with Crippen LogP contribution >= 0.6 is 0 Å². The van der Waals surface area contributed by atoms with Crippen LogP contribution in [0.3, 0.4) is 0 Å². The Morgan fingerprint density at radius 1 is 0.434 bits per heavy atom. The number of nitrogens with one attached hydrogen (secondary N) is 1. The molecule has 99 heavy (non-hydrogen) atoms. The van der Waals surface area contributed by atoms with Crippen molar-refractivity contribution in [2.45, 2.75) is 218 Å². The molecule has 1 N–H and O–H groups in total. The van der Waals surface area contributed by atoms with Gasteiger partial charge in [0, 0.05) is 49.6 Å². The Hall–Kier alpha value is -7.96. The molecule has 15 atom stereocenters. The van der Waals surface area contributed by atoms with Crippen LogP contribution in [0, 0.1) is 0 Å². The fourth-order valence-electron chi connectivity index (χ4n) is 11.0. The van der Waals surface area contributed by atoms with Gasteiger partial charge in [0.2, 0.25) is 0 Å². The number of carbonyl (C=O) groups is 8. The molecule has 4 aromatic carbocycles. The standard InChI is InChI=1S/C72H93NO25Si/c1-44(74)84-42-57-61(64(90-47(4)77)60(89-46(3)76)55(93-57)34-33-54(73-71(81)98-72(7,8)9)68(80)83-35-36-99(10,11)12)97-70-67(92-49(6)79)65(91-48(5)78)62(58(95-70)43-85-45(2)75)96-69-66(88-40-53-31-23-16-24-32-53)63(87-39-52-29-21-15-22-30-52)59(86-38-51-27-19-14-20-28-51)56(94-69)41-82-37-50-25-17-13-18-26-50/h13-33,55-67,69-70H,34-43H2,1-12H3,(H,73,81)/b54-33+/t55-,56-,57-,58-,59+,60+,61-,62+,63+,64-,65+,66-,67-,69-,70+/m1/s1. The summed E-state index contributed by atoms with van der Waals surface area (Å²) in [6.07, 6.45) is -23.2. The van der Waals surface area contributed by atoms with Gasteiger partial charge in [-0.3, -0.25) is 34.1 Å². The number of amides is 1. The molecule has 3 fully saturated rings. The normalized spacial score (nSPS) is 25.6. The van der Waals surface area contributed by atoms with E-state index in [1.54, 1.807) is 20.8 Å². The third kappa shape index (κ3) is 25.9. The molecule has 4 aromatic rings. The van der Waals surface area contributed by atoms with Crippen molar-refractivity contribution in [1.82, 2.24) is 5.32 Å². The Bertz CT molecular complexity index is 3270. The number of benzene rings is 4. The van der Waals surface area contributed by atoms with E-state index in [0.717, 1.165) is 63.8 Å². The summed E-state index contributed by atoms with van der Waals surface area (Å²) in [6, 6.07) is 38.1. The molecule has 7 rings (SSSR count). The van der Waals surface area contributed by atoms with Gasteiger partial charge in [-0.1, -0.05) is 147 Å². The number of alkyl carbamates (subject to hydrolysis) is 1. The average molecular weight is 1400 g/mol. The third-order valence-corrected chi connectivity index (χ3v) is 17.1. The second kappa shape index (κ2) is 38.0. The average Bonchev–Trinajstić information content (AvgIpc) is 0.763. The predicted octanol–water partition coefficient (Wildman–Crippen LogP) is 8.48. The van der Waals surface area contributed by atoms with Crippen molar-refractivity contribution in [1.29, 1.82) is 0 Å². The van der Waals surface area contributed by atoms with Gasteiger partial charge in [-0.15, -0.1) is 0 Å². The van der Waals surface area contributed by atoms with Crippen LogP contribution in [0.4, 0.5) is 4.79 Å². The first-order valence-electron chi connectivity index (χ1n) is 32.8. The predicted molar refractivity (Wildman–Crippen MR) is 354 cm³/mol. The Balaban J connectivity index is 1.33. The molecular formula is C72H93NO25Si. The van der Waals surface area contributed by atoms with Crippen molar-refractivity contribution in [2.75, 3.05) is 26.4 Å². The van der Waals surface area contributed by atoms with E-state index in [1.165, 1.54) is 6.08 Å². The highest BCUT2D eigenvalue weighted by Gasteiger charge is 2.59. The Morgan fingerprint density at radius 2 is 0.828 bits per heavy atom. The van der Waals surface area contributed by atoms with Crippen molar-refractivity contribution >= 4 is 56.0 Å². The van der Waals surface area contributed by atoms with Crippen LogP contribution in [0.25, 0.3) is 0 Å². The SMILES string of the molecule is CC(=O)OC[C@H]1O[C@@H](O[C@H]2[C@H](OC(C)=O)[C@@H](OC(C)=O)[C@@H](C/C=C(/NC(=O)OC(C)(C)C)C(=O)OCC[Si](C)(C)C)O[C@@H]2COC(C)=O)[C@H](OC(C)=O)[C@@H](OC(C)=O)[C@H]1O[C@H]1O[C@H](COCc2ccccc2)[C@H](OCc2ccccc2)[C@H](OCc2ccccc2)[C@H]1OCc1ccccc1. The Morgan fingerprint density at radius 3 is 1.27 bits per heavy atom. The van der Waals surface area contributed by atoms with Gasteiger partial charge < -0.3 is 80.5 Å². The number of ether oxygens (including phenoxy) is 17. The first-order chi connectivity index (χ1) is 47.1. The largest absolute Gasteiger partial charge is 0.463 e. The summed E-state index contributed by atoms with van der Waals surface area (Å²) in [7, 11) is -1.74. The highest BCUT2D eigenvalue weighted by atomic mass is 28.3. The van der Waals surface area contributed by atoms with Gasteiger partial charge in [0.1, 0.15) is 79.4 Å². The minimum absolute atomic E-state index is 0.0138. The smallest absolute Gasteiger partial charge is 0.412 e. The molecule has 1 amide bonds. The summed E-state index contributed by atoms with van der Waals surface area (Å²) in [4.78, 5) is 107. The van der Waals surface area contributed by atoms with E-state index >= 15 is 0 Å². The molecule has 0 aromatic heterocycles. The van der Waals surface area contributed by atoms with Crippen molar-refractivity contribution < 1.29 is 119 Å². The van der Waals surface area contributed by atoms with E-state index in [9.17, 15) is 38.4 Å². The number of carbonyl (C=O) groups excluding carboxylic acids is 8. The molecule has 27 heteroatoms. The molecule has 0 saturated carbocycles. The summed E-state index contributed by atoms with van der Waals surface area (Å²) in [5.74, 6) is -6.34. The van der Waals surface area contributed by atoms with Gasteiger partial charge in [0.15, 0.2) is 37.0 Å². The molecule has 0 radical (unpaired) electrons. The van der Waals surface area contributed by atoms with E-state index in [1.807, 2.05) is 121 Å². The van der Waals surface area contributed by atoms with Crippen LogP contribution in [0.1, 0.15) is 91.0 Å². The van der Waals surface area contributed by atoms with Gasteiger partial charge in [0.25, 0.3) is 0 Å². The monoisotopic (exact) mass is 1400 g/mol. The van der Waals surface area contributed by atoms with Crippen LogP contribution in [0.15, 0.2) is 133 Å².